The number of morpholine rings is 1. The summed E-state index contributed by atoms with van der Waals surface area (Å²) in [7, 11) is 0. The first-order valence-electron chi connectivity index (χ1n) is 11.1. The molecule has 0 amide bonds. The van der Waals surface area contributed by atoms with Crippen LogP contribution in [-0.4, -0.2) is 41.7 Å². The SMILES string of the molecule is CC(=Nn1c(-c2ccccc2Br)csc1=Nc1cccnc1)c1ccc(N2CCOCC2)cc1. The number of halogens is 1. The van der Waals surface area contributed by atoms with Gasteiger partial charge in [0.25, 0.3) is 0 Å². The molecule has 0 saturated carbocycles. The van der Waals surface area contributed by atoms with E-state index in [9.17, 15) is 0 Å². The van der Waals surface area contributed by atoms with Gasteiger partial charge in [-0.1, -0.05) is 46.3 Å². The third-order valence-electron chi connectivity index (χ3n) is 5.62. The number of hydrogen-bond donors (Lipinski definition) is 0. The monoisotopic (exact) mass is 533 g/mol. The summed E-state index contributed by atoms with van der Waals surface area (Å²) in [6.45, 7) is 5.43. The molecule has 1 fully saturated rings. The molecule has 0 bridgehead atoms. The number of aromatic nitrogens is 2. The molecule has 0 aliphatic carbocycles. The lowest BCUT2D eigenvalue weighted by molar-refractivity contribution is 0.122. The molecule has 34 heavy (non-hydrogen) atoms. The molecular weight excluding hydrogens is 510 g/mol. The minimum Gasteiger partial charge on any atom is -0.378 e. The second-order valence-electron chi connectivity index (χ2n) is 7.85. The fourth-order valence-electron chi connectivity index (χ4n) is 3.80. The molecule has 2 aromatic carbocycles. The van der Waals surface area contributed by atoms with Crippen LogP contribution in [0, 0.1) is 0 Å². The number of nitrogens with zero attached hydrogens (tertiary/aromatic N) is 5. The Morgan fingerprint density at radius 3 is 2.56 bits per heavy atom. The maximum absolute atomic E-state index is 5.47. The Hall–Kier alpha value is -3.07. The van der Waals surface area contributed by atoms with Crippen LogP contribution in [0.25, 0.3) is 11.3 Å². The van der Waals surface area contributed by atoms with E-state index in [0.717, 1.165) is 63.8 Å². The van der Waals surface area contributed by atoms with Crippen LogP contribution in [0.15, 0.2) is 93.0 Å². The van der Waals surface area contributed by atoms with Gasteiger partial charge in [-0.2, -0.15) is 5.10 Å². The molecule has 172 valence electrons. The fraction of sp³-hybridized carbons (Fsp3) is 0.192. The zero-order valence-electron chi connectivity index (χ0n) is 18.8. The Labute approximate surface area is 211 Å². The molecule has 0 spiro atoms. The van der Waals surface area contributed by atoms with Gasteiger partial charge in [-0.15, -0.1) is 11.3 Å². The fourth-order valence-corrected chi connectivity index (χ4v) is 5.13. The lowest BCUT2D eigenvalue weighted by Crippen LogP contribution is -2.36. The Morgan fingerprint density at radius 2 is 1.82 bits per heavy atom. The Morgan fingerprint density at radius 1 is 1.03 bits per heavy atom. The zero-order valence-corrected chi connectivity index (χ0v) is 21.2. The predicted molar refractivity (Wildman–Crippen MR) is 142 cm³/mol. The summed E-state index contributed by atoms with van der Waals surface area (Å²) in [5, 5.41) is 7.11. The first-order valence-corrected chi connectivity index (χ1v) is 12.8. The second kappa shape index (κ2) is 10.5. The van der Waals surface area contributed by atoms with E-state index in [2.05, 4.69) is 61.5 Å². The van der Waals surface area contributed by atoms with Crippen LogP contribution in [0.3, 0.4) is 0 Å². The van der Waals surface area contributed by atoms with E-state index in [-0.39, 0.29) is 0 Å². The van der Waals surface area contributed by atoms with Crippen molar-refractivity contribution in [2.45, 2.75) is 6.92 Å². The van der Waals surface area contributed by atoms with Gasteiger partial charge in [0.2, 0.25) is 4.80 Å². The van der Waals surface area contributed by atoms with E-state index >= 15 is 0 Å². The number of ether oxygens (including phenoxy) is 1. The summed E-state index contributed by atoms with van der Waals surface area (Å²) in [6, 6.07) is 20.6. The van der Waals surface area contributed by atoms with Crippen molar-refractivity contribution in [1.29, 1.82) is 0 Å². The van der Waals surface area contributed by atoms with Crippen LogP contribution in [0.2, 0.25) is 0 Å². The quantitative estimate of drug-likeness (QED) is 0.308. The van der Waals surface area contributed by atoms with Crippen LogP contribution in [0.5, 0.6) is 0 Å². The van der Waals surface area contributed by atoms with Crippen molar-refractivity contribution < 1.29 is 4.74 Å². The van der Waals surface area contributed by atoms with Crippen LogP contribution in [-0.2, 0) is 4.74 Å². The van der Waals surface area contributed by atoms with Crippen LogP contribution >= 0.6 is 27.3 Å². The van der Waals surface area contributed by atoms with Crippen molar-refractivity contribution in [3.05, 3.63) is 93.3 Å². The highest BCUT2D eigenvalue weighted by molar-refractivity contribution is 9.10. The molecule has 0 atom stereocenters. The molecule has 1 saturated heterocycles. The van der Waals surface area contributed by atoms with Gasteiger partial charge in [0.1, 0.15) is 0 Å². The normalized spacial score (nSPS) is 15.1. The molecule has 1 aliphatic heterocycles. The third-order valence-corrected chi connectivity index (χ3v) is 7.12. The Balaban J connectivity index is 1.55. The number of pyridine rings is 1. The molecule has 6 nitrogen and oxygen atoms in total. The number of hydrogen-bond acceptors (Lipinski definition) is 6. The summed E-state index contributed by atoms with van der Waals surface area (Å²) >= 11 is 5.24. The lowest BCUT2D eigenvalue weighted by atomic mass is 10.1. The third kappa shape index (κ3) is 5.04. The van der Waals surface area contributed by atoms with E-state index in [1.807, 2.05) is 41.9 Å². The van der Waals surface area contributed by atoms with Gasteiger partial charge in [0.05, 0.1) is 36.5 Å². The minimum atomic E-state index is 0.776. The second-order valence-corrected chi connectivity index (χ2v) is 9.54. The van der Waals surface area contributed by atoms with Crippen molar-refractivity contribution in [2.75, 3.05) is 31.2 Å². The molecule has 4 aromatic rings. The maximum atomic E-state index is 5.47. The Kier molecular flexibility index (Phi) is 6.99. The first kappa shape index (κ1) is 22.7. The van der Waals surface area contributed by atoms with E-state index < -0.39 is 0 Å². The van der Waals surface area contributed by atoms with Gasteiger partial charge in [-0.25, -0.2) is 9.67 Å². The van der Waals surface area contributed by atoms with Crippen molar-refractivity contribution in [3.8, 4) is 11.3 Å². The zero-order chi connectivity index (χ0) is 23.3. The van der Waals surface area contributed by atoms with Crippen LogP contribution < -0.4 is 9.70 Å². The number of benzene rings is 2. The smallest absolute Gasteiger partial charge is 0.211 e. The maximum Gasteiger partial charge on any atom is 0.211 e. The van der Waals surface area contributed by atoms with E-state index in [4.69, 9.17) is 14.8 Å². The van der Waals surface area contributed by atoms with Gasteiger partial charge in [0, 0.05) is 40.4 Å². The van der Waals surface area contributed by atoms with Crippen LogP contribution in [0.1, 0.15) is 12.5 Å². The highest BCUT2D eigenvalue weighted by Crippen LogP contribution is 2.29. The highest BCUT2D eigenvalue weighted by Gasteiger charge is 2.13. The molecule has 5 rings (SSSR count). The van der Waals surface area contributed by atoms with Crippen molar-refractivity contribution >= 4 is 44.4 Å². The summed E-state index contributed by atoms with van der Waals surface area (Å²) in [5.41, 5.74) is 6.02. The van der Waals surface area contributed by atoms with Crippen molar-refractivity contribution in [1.82, 2.24) is 9.66 Å². The van der Waals surface area contributed by atoms with Crippen molar-refractivity contribution in [3.63, 3.8) is 0 Å². The highest BCUT2D eigenvalue weighted by atomic mass is 79.9. The standard InChI is InChI=1S/C26H24BrN5OS/c1-19(20-8-10-22(11-9-20)31-13-15-33-16-14-31)30-32-25(23-6-2-3-7-24(23)27)18-34-26(32)29-21-5-4-12-28-17-21/h2-12,17-18H,13-16H2,1H3. The van der Waals surface area contributed by atoms with Gasteiger partial charge in [-0.05, 0) is 42.8 Å². The van der Waals surface area contributed by atoms with Gasteiger partial charge >= 0.3 is 0 Å². The minimum absolute atomic E-state index is 0.776. The molecular formula is C26H24BrN5OS. The predicted octanol–water partition coefficient (Wildman–Crippen LogP) is 5.72. The van der Waals surface area contributed by atoms with Crippen molar-refractivity contribution in [2.24, 2.45) is 10.1 Å². The van der Waals surface area contributed by atoms with Gasteiger partial charge in [-0.3, -0.25) is 4.98 Å². The first-order chi connectivity index (χ1) is 16.7. The lowest BCUT2D eigenvalue weighted by Gasteiger charge is -2.28. The number of anilines is 1. The molecule has 8 heteroatoms. The molecule has 3 heterocycles. The molecule has 0 N–H and O–H groups in total. The average molecular weight is 534 g/mol. The number of thiazole rings is 1. The van der Waals surface area contributed by atoms with Crippen LogP contribution in [0.4, 0.5) is 11.4 Å². The summed E-state index contributed by atoms with van der Waals surface area (Å²) in [6.07, 6.45) is 3.50. The molecule has 1 aliphatic rings. The molecule has 0 unspecified atom stereocenters. The largest absolute Gasteiger partial charge is 0.378 e. The average Bonchev–Trinajstić information content (AvgIpc) is 3.27. The molecule has 0 radical (unpaired) electrons. The topological polar surface area (TPSA) is 55.0 Å². The van der Waals surface area contributed by atoms with Gasteiger partial charge in [0.15, 0.2) is 0 Å². The number of rotatable bonds is 5. The van der Waals surface area contributed by atoms with Gasteiger partial charge < -0.3 is 9.64 Å². The summed E-state index contributed by atoms with van der Waals surface area (Å²) in [5.74, 6) is 0. The Bertz CT molecular complexity index is 1360. The molecule has 2 aromatic heterocycles. The van der Waals surface area contributed by atoms with E-state index in [1.165, 1.54) is 5.69 Å². The van der Waals surface area contributed by atoms with E-state index in [0.29, 0.717) is 0 Å². The summed E-state index contributed by atoms with van der Waals surface area (Å²) < 4.78 is 8.40. The van der Waals surface area contributed by atoms with E-state index in [1.54, 1.807) is 23.7 Å². The summed E-state index contributed by atoms with van der Waals surface area (Å²) in [4.78, 5) is 12.1.